The smallest absolute Gasteiger partial charge is 0.343 e. The van der Waals surface area contributed by atoms with Crippen molar-refractivity contribution in [3.63, 3.8) is 0 Å². The van der Waals surface area contributed by atoms with E-state index in [0.29, 0.717) is 23.1 Å². The zero-order valence-corrected chi connectivity index (χ0v) is 15.5. The highest BCUT2D eigenvalue weighted by Gasteiger charge is 2.17. The van der Waals surface area contributed by atoms with Gasteiger partial charge in [0.05, 0.1) is 18.2 Å². The maximum atomic E-state index is 12.7. The monoisotopic (exact) mass is 360 g/mol. The van der Waals surface area contributed by atoms with Gasteiger partial charge in [0.1, 0.15) is 12.2 Å². The highest BCUT2D eigenvalue weighted by molar-refractivity contribution is 5.97. The van der Waals surface area contributed by atoms with Crippen LogP contribution in [-0.2, 0) is 20.8 Å². The number of amides is 1. The van der Waals surface area contributed by atoms with E-state index in [1.54, 1.807) is 29.7 Å². The Labute approximate surface area is 151 Å². The average molecular weight is 360 g/mol. The average Bonchev–Trinajstić information content (AvgIpc) is 2.61. The molecular weight excluding hydrogens is 336 g/mol. The number of aryl methyl sites for hydroxylation is 1. The summed E-state index contributed by atoms with van der Waals surface area (Å²) in [5, 5.41) is 3.05. The maximum absolute atomic E-state index is 12.7. The third kappa shape index (κ3) is 4.49. The number of carbonyl (C=O) groups excluding carboxylic acids is 2. The molecule has 0 saturated heterocycles. The summed E-state index contributed by atoms with van der Waals surface area (Å²) in [5.41, 5.74) is 0.711. The van der Waals surface area contributed by atoms with Gasteiger partial charge in [0.25, 0.3) is 0 Å². The van der Waals surface area contributed by atoms with Gasteiger partial charge in [-0.15, -0.1) is 0 Å². The van der Waals surface area contributed by atoms with Crippen LogP contribution in [0.5, 0.6) is 0 Å². The number of pyridine rings is 1. The lowest BCUT2D eigenvalue weighted by Crippen LogP contribution is -2.22. The lowest BCUT2D eigenvalue weighted by molar-refractivity contribution is -0.121. The van der Waals surface area contributed by atoms with E-state index in [1.165, 1.54) is 6.20 Å². The van der Waals surface area contributed by atoms with Gasteiger partial charge in [-0.1, -0.05) is 0 Å². The van der Waals surface area contributed by atoms with Crippen LogP contribution >= 0.6 is 0 Å². The number of ether oxygens (including phenoxy) is 2. The molecule has 1 aromatic heterocycles. The highest BCUT2D eigenvalue weighted by atomic mass is 16.5. The van der Waals surface area contributed by atoms with Crippen LogP contribution in [-0.4, -0.2) is 35.8 Å². The molecule has 0 radical (unpaired) electrons. The number of hydrogen-bond acceptors (Lipinski definition) is 5. The molecule has 2 aromatic rings. The van der Waals surface area contributed by atoms with Crippen molar-refractivity contribution in [1.82, 2.24) is 4.57 Å². The zero-order chi connectivity index (χ0) is 19.3. The first-order valence-corrected chi connectivity index (χ1v) is 8.63. The first kappa shape index (κ1) is 19.7. The van der Waals surface area contributed by atoms with Crippen molar-refractivity contribution in [2.45, 2.75) is 40.3 Å². The Bertz CT molecular complexity index is 870. The van der Waals surface area contributed by atoms with Gasteiger partial charge < -0.3 is 19.4 Å². The molecule has 0 aliphatic rings. The topological polar surface area (TPSA) is 86.6 Å². The van der Waals surface area contributed by atoms with Crippen LogP contribution in [0.2, 0.25) is 0 Å². The summed E-state index contributed by atoms with van der Waals surface area (Å²) in [6, 6.07) is 5.03. The molecule has 0 aliphatic carbocycles. The predicted octanol–water partition coefficient (Wildman–Crippen LogP) is 2.56. The summed E-state index contributed by atoms with van der Waals surface area (Å²) in [6.07, 6.45) is 1.46. The predicted molar refractivity (Wildman–Crippen MR) is 99.6 cm³/mol. The van der Waals surface area contributed by atoms with Crippen LogP contribution in [0.25, 0.3) is 10.9 Å². The van der Waals surface area contributed by atoms with Crippen LogP contribution in [0, 0.1) is 0 Å². The molecule has 0 unspecified atom stereocenters. The van der Waals surface area contributed by atoms with Crippen molar-refractivity contribution in [3.8, 4) is 0 Å². The number of anilines is 1. The summed E-state index contributed by atoms with van der Waals surface area (Å²) in [5.74, 6) is -0.961. The zero-order valence-electron chi connectivity index (χ0n) is 15.5. The van der Waals surface area contributed by atoms with Crippen LogP contribution in [0.4, 0.5) is 5.69 Å². The summed E-state index contributed by atoms with van der Waals surface area (Å²) in [7, 11) is 0. The maximum Gasteiger partial charge on any atom is 0.343 e. The van der Waals surface area contributed by atoms with E-state index < -0.39 is 11.4 Å². The molecule has 7 heteroatoms. The molecule has 0 fully saturated rings. The third-order valence-corrected chi connectivity index (χ3v) is 3.75. The van der Waals surface area contributed by atoms with Crippen molar-refractivity contribution in [1.29, 1.82) is 0 Å². The van der Waals surface area contributed by atoms with Crippen molar-refractivity contribution < 1.29 is 19.1 Å². The van der Waals surface area contributed by atoms with Crippen molar-refractivity contribution >= 4 is 28.5 Å². The SMILES string of the molecule is CCOC(=O)c1cn(CC)c2ccc(NC(=O)COC(C)C)cc2c1=O. The van der Waals surface area contributed by atoms with Crippen molar-refractivity contribution in [2.75, 3.05) is 18.5 Å². The van der Waals surface area contributed by atoms with E-state index in [-0.39, 0.29) is 30.8 Å². The summed E-state index contributed by atoms with van der Waals surface area (Å²) in [4.78, 5) is 36.7. The van der Waals surface area contributed by atoms with E-state index in [4.69, 9.17) is 9.47 Å². The number of aromatic nitrogens is 1. The largest absolute Gasteiger partial charge is 0.462 e. The molecule has 2 rings (SSSR count). The Morgan fingerprint density at radius 3 is 2.58 bits per heavy atom. The van der Waals surface area contributed by atoms with E-state index in [1.807, 2.05) is 20.8 Å². The first-order chi connectivity index (χ1) is 12.4. The van der Waals surface area contributed by atoms with Gasteiger partial charge in [0.2, 0.25) is 11.3 Å². The Hall–Kier alpha value is -2.67. The van der Waals surface area contributed by atoms with Gasteiger partial charge in [-0.2, -0.15) is 0 Å². The number of benzene rings is 1. The Morgan fingerprint density at radius 2 is 1.96 bits per heavy atom. The first-order valence-electron chi connectivity index (χ1n) is 8.63. The molecular formula is C19H24N2O5. The Balaban J connectivity index is 2.43. The van der Waals surface area contributed by atoms with Crippen LogP contribution < -0.4 is 10.7 Å². The second-order valence-corrected chi connectivity index (χ2v) is 6.02. The molecule has 1 N–H and O–H groups in total. The van der Waals surface area contributed by atoms with E-state index in [0.717, 1.165) is 0 Å². The fourth-order valence-electron chi connectivity index (χ4n) is 2.53. The highest BCUT2D eigenvalue weighted by Crippen LogP contribution is 2.18. The minimum absolute atomic E-state index is 0.0205. The van der Waals surface area contributed by atoms with Crippen LogP contribution in [0.3, 0.4) is 0 Å². The molecule has 0 atom stereocenters. The second kappa shape index (κ2) is 8.62. The lowest BCUT2D eigenvalue weighted by atomic mass is 10.1. The number of esters is 1. The second-order valence-electron chi connectivity index (χ2n) is 6.02. The van der Waals surface area contributed by atoms with E-state index in [2.05, 4.69) is 5.32 Å². The normalized spacial score (nSPS) is 11.0. The Kier molecular flexibility index (Phi) is 6.52. The Morgan fingerprint density at radius 1 is 1.23 bits per heavy atom. The third-order valence-electron chi connectivity index (χ3n) is 3.75. The quantitative estimate of drug-likeness (QED) is 0.767. The van der Waals surface area contributed by atoms with Gasteiger partial charge in [0.15, 0.2) is 0 Å². The molecule has 0 saturated carbocycles. The van der Waals surface area contributed by atoms with Gasteiger partial charge in [-0.05, 0) is 45.9 Å². The molecule has 140 valence electrons. The van der Waals surface area contributed by atoms with Crippen molar-refractivity contribution in [2.24, 2.45) is 0 Å². The lowest BCUT2D eigenvalue weighted by Gasteiger charge is -2.13. The number of hydrogen-bond donors (Lipinski definition) is 1. The van der Waals surface area contributed by atoms with E-state index in [9.17, 15) is 14.4 Å². The molecule has 1 aromatic carbocycles. The molecule has 26 heavy (non-hydrogen) atoms. The number of rotatable bonds is 7. The van der Waals surface area contributed by atoms with Crippen molar-refractivity contribution in [3.05, 3.63) is 40.2 Å². The number of nitrogens with one attached hydrogen (secondary N) is 1. The van der Waals surface area contributed by atoms with Gasteiger partial charge in [-0.25, -0.2) is 4.79 Å². The molecule has 1 heterocycles. The molecule has 0 bridgehead atoms. The molecule has 0 aliphatic heterocycles. The van der Waals surface area contributed by atoms with Gasteiger partial charge in [-0.3, -0.25) is 9.59 Å². The fraction of sp³-hybridized carbons (Fsp3) is 0.421. The van der Waals surface area contributed by atoms with Gasteiger partial charge >= 0.3 is 5.97 Å². The van der Waals surface area contributed by atoms with Crippen LogP contribution in [0.15, 0.2) is 29.2 Å². The number of carbonyl (C=O) groups is 2. The minimum atomic E-state index is -0.652. The summed E-state index contributed by atoms with van der Waals surface area (Å²) in [6.45, 7) is 7.98. The molecule has 1 amide bonds. The number of nitrogens with zero attached hydrogens (tertiary/aromatic N) is 1. The standard InChI is InChI=1S/C19H24N2O5/c1-5-21-10-15(19(24)25-6-2)18(23)14-9-13(7-8-16(14)21)20-17(22)11-26-12(3)4/h7-10,12H,5-6,11H2,1-4H3,(H,20,22). The molecule has 0 spiro atoms. The minimum Gasteiger partial charge on any atom is -0.462 e. The van der Waals surface area contributed by atoms with E-state index >= 15 is 0 Å². The molecule has 7 nitrogen and oxygen atoms in total. The summed E-state index contributed by atoms with van der Waals surface area (Å²) < 4.78 is 12.0. The van der Waals surface area contributed by atoms with Crippen LogP contribution in [0.1, 0.15) is 38.1 Å². The fourth-order valence-corrected chi connectivity index (χ4v) is 2.53. The summed E-state index contributed by atoms with van der Waals surface area (Å²) >= 11 is 0. The number of fused-ring (bicyclic) bond motifs is 1. The van der Waals surface area contributed by atoms with Gasteiger partial charge in [0, 0.05) is 23.8 Å².